The molecule has 2 fully saturated rings. The van der Waals surface area contributed by atoms with Gasteiger partial charge in [0.25, 0.3) is 0 Å². The largest absolute Gasteiger partial charge is 0.463 e. The zero-order valence-corrected chi connectivity index (χ0v) is 22.5. The number of nitrogen functional groups attached to an aromatic ring is 1. The third kappa shape index (κ3) is 4.25. The summed E-state index contributed by atoms with van der Waals surface area (Å²) in [7, 11) is 0. The Labute approximate surface area is 232 Å². The fraction of sp³-hybridized carbons (Fsp3) is 0.429. The number of anilines is 1. The topological polar surface area (TPSA) is 119 Å². The molecule has 0 atom stereocenters. The van der Waals surface area contributed by atoms with Crippen LogP contribution in [0.3, 0.4) is 0 Å². The monoisotopic (exact) mass is 564 g/mol. The molecule has 2 aliphatic heterocycles. The van der Waals surface area contributed by atoms with Crippen LogP contribution in [0.25, 0.3) is 32.2 Å². The maximum atomic E-state index is 16.4. The van der Waals surface area contributed by atoms with Crippen molar-refractivity contribution in [1.82, 2.24) is 19.9 Å². The summed E-state index contributed by atoms with van der Waals surface area (Å²) in [5.41, 5.74) is 7.79. The molecule has 1 aliphatic carbocycles. The van der Waals surface area contributed by atoms with Crippen LogP contribution in [0.5, 0.6) is 6.01 Å². The molecule has 1 aromatic carbocycles. The molecule has 3 aliphatic rings. The van der Waals surface area contributed by atoms with E-state index in [9.17, 15) is 9.65 Å². The molecule has 1 saturated heterocycles. The minimum absolute atomic E-state index is 0.0361. The molecule has 206 valence electrons. The van der Waals surface area contributed by atoms with Crippen LogP contribution in [0.2, 0.25) is 0 Å². The van der Waals surface area contributed by atoms with E-state index in [1.807, 2.05) is 6.07 Å². The number of thiophene rings is 1. The van der Waals surface area contributed by atoms with Crippen LogP contribution in [0, 0.1) is 28.4 Å². The third-order valence-electron chi connectivity index (χ3n) is 8.06. The van der Waals surface area contributed by atoms with E-state index in [0.717, 1.165) is 75.2 Å². The average Bonchev–Trinajstić information content (AvgIpc) is 3.51. The van der Waals surface area contributed by atoms with E-state index in [2.05, 4.69) is 19.9 Å². The van der Waals surface area contributed by atoms with E-state index in [-0.39, 0.29) is 62.1 Å². The van der Waals surface area contributed by atoms with Gasteiger partial charge in [-0.2, -0.15) is 10.2 Å². The molecule has 4 aromatic rings. The Balaban J connectivity index is 1.27. The average molecular weight is 565 g/mol. The first-order valence-corrected chi connectivity index (χ1v) is 14.1. The smallest absolute Gasteiger partial charge is 0.317 e. The molecular weight excluding hydrogens is 538 g/mol. The van der Waals surface area contributed by atoms with E-state index >= 15 is 4.39 Å². The molecule has 3 aromatic heterocycles. The maximum Gasteiger partial charge on any atom is 0.317 e. The highest BCUT2D eigenvalue weighted by atomic mass is 32.1. The molecule has 0 unspecified atom stereocenters. The Bertz CT molecular complexity index is 1690. The van der Waals surface area contributed by atoms with Crippen molar-refractivity contribution in [1.29, 1.82) is 5.26 Å². The molecule has 0 bridgehead atoms. The predicted molar refractivity (Wildman–Crippen MR) is 145 cm³/mol. The Morgan fingerprint density at radius 2 is 1.98 bits per heavy atom. The number of halogens is 2. The van der Waals surface area contributed by atoms with E-state index in [0.29, 0.717) is 17.6 Å². The minimum atomic E-state index is -0.647. The zero-order valence-electron chi connectivity index (χ0n) is 21.6. The van der Waals surface area contributed by atoms with Crippen LogP contribution in [0.4, 0.5) is 13.8 Å². The normalized spacial score (nSPS) is 18.5. The second-order valence-corrected chi connectivity index (χ2v) is 11.7. The fourth-order valence-corrected chi connectivity index (χ4v) is 6.70. The van der Waals surface area contributed by atoms with E-state index in [1.165, 1.54) is 0 Å². The van der Waals surface area contributed by atoms with E-state index < -0.39 is 11.6 Å². The maximum absolute atomic E-state index is 16.4. The van der Waals surface area contributed by atoms with Gasteiger partial charge in [0.1, 0.15) is 16.6 Å². The molecule has 12 heteroatoms. The zero-order chi connectivity index (χ0) is 27.4. The summed E-state index contributed by atoms with van der Waals surface area (Å²) in [6.45, 7) is 5.19. The highest BCUT2D eigenvalue weighted by Gasteiger charge is 2.45. The molecular formula is C28H26F2N6O3S. The number of nitriles is 1. The van der Waals surface area contributed by atoms with Crippen molar-refractivity contribution in [3.05, 3.63) is 40.7 Å². The number of nitrogens with zero attached hydrogens (tertiary/aromatic N) is 5. The summed E-state index contributed by atoms with van der Waals surface area (Å²) < 4.78 is 48.6. The van der Waals surface area contributed by atoms with Gasteiger partial charge in [0.2, 0.25) is 0 Å². The van der Waals surface area contributed by atoms with Gasteiger partial charge in [-0.05, 0) is 30.4 Å². The number of hydrogen-bond acceptors (Lipinski definition) is 10. The van der Waals surface area contributed by atoms with Crippen LogP contribution in [-0.4, -0.2) is 59.3 Å². The first-order valence-electron chi connectivity index (χ1n) is 13.3. The fourth-order valence-electron chi connectivity index (χ4n) is 5.77. The standard InChI is InChI=1S/C28H26F2N6O3S/c29-19-10-33-24(21-15(8-31)26(32)40-25(19)21)20-18-12-38-11-17(18)16-9-34-27(35-23(16)22(20)30)39-14-28(2-3-28)13-36-4-1-6-37-7-5-36/h9-10H,1-7,11-14,32H2. The van der Waals surface area contributed by atoms with Crippen LogP contribution in [0.1, 0.15) is 36.0 Å². The molecule has 9 nitrogen and oxygen atoms in total. The highest BCUT2D eigenvalue weighted by Crippen LogP contribution is 2.47. The van der Waals surface area contributed by atoms with Gasteiger partial charge in [-0.25, -0.2) is 13.8 Å². The Morgan fingerprint density at radius 3 is 2.80 bits per heavy atom. The Morgan fingerprint density at radius 1 is 1.12 bits per heavy atom. The van der Waals surface area contributed by atoms with Crippen LogP contribution < -0.4 is 10.5 Å². The first-order chi connectivity index (χ1) is 19.5. The molecule has 40 heavy (non-hydrogen) atoms. The predicted octanol–water partition coefficient (Wildman–Crippen LogP) is 4.55. The van der Waals surface area contributed by atoms with Crippen molar-refractivity contribution in [2.45, 2.75) is 32.5 Å². The van der Waals surface area contributed by atoms with E-state index in [4.69, 9.17) is 19.9 Å². The number of hydrogen-bond donors (Lipinski definition) is 1. The lowest BCUT2D eigenvalue weighted by Gasteiger charge is -2.25. The molecule has 0 radical (unpaired) electrons. The number of aromatic nitrogens is 3. The summed E-state index contributed by atoms with van der Waals surface area (Å²) in [6.07, 6.45) is 5.72. The Kier molecular flexibility index (Phi) is 6.27. The SMILES string of the molecule is N#Cc1c(N)sc2c(F)cnc(-c3c4c(c5cnc(OCC6(CN7CCCOCC7)CC6)nc5c3F)COC4)c12. The van der Waals surface area contributed by atoms with Crippen molar-refractivity contribution in [3.63, 3.8) is 0 Å². The lowest BCUT2D eigenvalue weighted by Crippen LogP contribution is -2.35. The first kappa shape index (κ1) is 25.5. The third-order valence-corrected chi connectivity index (χ3v) is 9.09. The molecule has 0 spiro atoms. The van der Waals surface area contributed by atoms with Gasteiger partial charge in [-0.1, -0.05) is 0 Å². The number of benzene rings is 1. The number of nitrogens with two attached hydrogens (primary N) is 1. The van der Waals surface area contributed by atoms with Gasteiger partial charge < -0.3 is 24.8 Å². The van der Waals surface area contributed by atoms with Gasteiger partial charge in [-0.3, -0.25) is 4.98 Å². The lowest BCUT2D eigenvalue weighted by molar-refractivity contribution is 0.127. The van der Waals surface area contributed by atoms with Crippen LogP contribution in [0.15, 0.2) is 12.4 Å². The van der Waals surface area contributed by atoms with Crippen LogP contribution >= 0.6 is 11.3 Å². The van der Waals surface area contributed by atoms with Crippen LogP contribution in [-0.2, 0) is 22.7 Å². The molecule has 2 N–H and O–H groups in total. The van der Waals surface area contributed by atoms with Gasteiger partial charge >= 0.3 is 6.01 Å². The molecule has 0 amide bonds. The number of ether oxygens (including phenoxy) is 3. The summed E-state index contributed by atoms with van der Waals surface area (Å²) in [6, 6.07) is 2.12. The highest BCUT2D eigenvalue weighted by molar-refractivity contribution is 7.23. The van der Waals surface area contributed by atoms with Crippen molar-refractivity contribution >= 4 is 37.3 Å². The number of fused-ring (bicyclic) bond motifs is 4. The molecule has 1 saturated carbocycles. The van der Waals surface area contributed by atoms with Gasteiger partial charge in [0.05, 0.1) is 48.6 Å². The summed E-state index contributed by atoms with van der Waals surface area (Å²) in [4.78, 5) is 15.6. The van der Waals surface area contributed by atoms with E-state index in [1.54, 1.807) is 6.20 Å². The second-order valence-electron chi connectivity index (χ2n) is 10.7. The van der Waals surface area contributed by atoms with Gasteiger partial charge in [-0.15, -0.1) is 11.3 Å². The lowest BCUT2D eigenvalue weighted by atomic mass is 9.94. The summed E-state index contributed by atoms with van der Waals surface area (Å²) >= 11 is 0.943. The summed E-state index contributed by atoms with van der Waals surface area (Å²) in [5.74, 6) is -1.27. The van der Waals surface area contributed by atoms with Crippen molar-refractivity contribution in [2.75, 3.05) is 45.2 Å². The van der Waals surface area contributed by atoms with Crippen molar-refractivity contribution in [3.8, 4) is 23.3 Å². The molecule has 5 heterocycles. The minimum Gasteiger partial charge on any atom is -0.463 e. The number of pyridine rings is 1. The second kappa shape index (κ2) is 9.85. The van der Waals surface area contributed by atoms with Crippen molar-refractivity contribution < 1.29 is 23.0 Å². The van der Waals surface area contributed by atoms with Gasteiger partial charge in [0.15, 0.2) is 11.6 Å². The summed E-state index contributed by atoms with van der Waals surface area (Å²) in [5, 5.41) is 10.6. The number of rotatable bonds is 6. The van der Waals surface area contributed by atoms with Gasteiger partial charge in [0, 0.05) is 54.2 Å². The molecule has 7 rings (SSSR count). The van der Waals surface area contributed by atoms with Crippen molar-refractivity contribution in [2.24, 2.45) is 5.41 Å². The quantitative estimate of drug-likeness (QED) is 0.360. The Hall–Kier alpha value is -3.50.